The van der Waals surface area contributed by atoms with E-state index in [9.17, 15) is 27.9 Å². The van der Waals surface area contributed by atoms with Gasteiger partial charge in [0.15, 0.2) is 0 Å². The molecule has 1 aromatic rings. The second kappa shape index (κ2) is 5.09. The Kier molecular flexibility index (Phi) is 3.38. The molecule has 9 heteroatoms. The third-order valence-electron chi connectivity index (χ3n) is 5.98. The molecule has 0 aromatic heterocycles. The summed E-state index contributed by atoms with van der Waals surface area (Å²) in [5, 5.41) is 19.2. The number of anilines is 1. The summed E-state index contributed by atoms with van der Waals surface area (Å²) in [6.07, 6.45) is -5.59. The van der Waals surface area contributed by atoms with Crippen molar-refractivity contribution in [1.82, 2.24) is 0 Å². The number of fused-ring (bicyclic) bond motifs is 5. The van der Waals surface area contributed by atoms with Crippen LogP contribution in [-0.4, -0.2) is 34.2 Å². The minimum absolute atomic E-state index is 0.165. The van der Waals surface area contributed by atoms with Gasteiger partial charge in [0.1, 0.15) is 5.60 Å². The minimum atomic E-state index is -4.81. The van der Waals surface area contributed by atoms with Crippen molar-refractivity contribution in [2.45, 2.75) is 43.8 Å². The molecular formula is C18H15F3N2O4. The van der Waals surface area contributed by atoms with Crippen LogP contribution in [0.5, 0.6) is 0 Å². The van der Waals surface area contributed by atoms with Crippen LogP contribution >= 0.6 is 0 Å². The molecule has 0 radical (unpaired) electrons. The van der Waals surface area contributed by atoms with Gasteiger partial charge in [0, 0.05) is 6.42 Å². The first-order chi connectivity index (χ1) is 12.4. The molecule has 1 N–H and O–H groups in total. The second-order valence-electron chi connectivity index (χ2n) is 7.63. The molecule has 2 amide bonds. The molecule has 3 fully saturated rings. The monoisotopic (exact) mass is 380 g/mol. The Labute approximate surface area is 152 Å². The normalized spacial score (nSPS) is 37.7. The number of imide groups is 1. The molecule has 3 aliphatic rings. The van der Waals surface area contributed by atoms with Gasteiger partial charge in [-0.05, 0) is 32.0 Å². The summed E-state index contributed by atoms with van der Waals surface area (Å²) in [7, 11) is 0. The van der Waals surface area contributed by atoms with Crippen LogP contribution < -0.4 is 4.90 Å². The predicted molar refractivity (Wildman–Crippen MR) is 84.2 cm³/mol. The predicted octanol–water partition coefficient (Wildman–Crippen LogP) is 1.99. The lowest BCUT2D eigenvalue weighted by molar-refractivity contribution is -0.138. The molecule has 0 aliphatic carbocycles. The Morgan fingerprint density at radius 1 is 1.26 bits per heavy atom. The molecule has 5 atom stereocenters. The van der Waals surface area contributed by atoms with Gasteiger partial charge in [-0.1, -0.05) is 0 Å². The summed E-state index contributed by atoms with van der Waals surface area (Å²) in [4.78, 5) is 26.6. The van der Waals surface area contributed by atoms with Crippen LogP contribution in [0.4, 0.5) is 18.9 Å². The SMILES string of the molecule is CC12C[C@@H](O)C(C)(O1)[C@H]1C(=O)N(c3ccc(C#N)c(C(F)(F)F)c3)C(=O)C12. The topological polar surface area (TPSA) is 90.6 Å². The molecule has 2 bridgehead atoms. The number of amides is 2. The lowest BCUT2D eigenvalue weighted by Gasteiger charge is -2.31. The standard InChI is InChI=1S/C18H15F3N2O4/c1-16-6-11(24)17(2,27-16)13-12(16)14(25)23(15(13)26)9-4-3-8(7-22)10(5-9)18(19,20)21/h3-5,11-13,24H,6H2,1-2H3/t11-,12?,13-,16?,17?/m1/s1. The Balaban J connectivity index is 1.81. The Morgan fingerprint density at radius 3 is 2.48 bits per heavy atom. The van der Waals surface area contributed by atoms with Gasteiger partial charge in [0.2, 0.25) is 11.8 Å². The number of nitriles is 1. The highest BCUT2D eigenvalue weighted by Crippen LogP contribution is 2.61. The van der Waals surface area contributed by atoms with E-state index in [1.54, 1.807) is 13.8 Å². The fourth-order valence-electron chi connectivity index (χ4n) is 4.78. The number of halogens is 3. The molecule has 3 heterocycles. The molecule has 27 heavy (non-hydrogen) atoms. The number of aliphatic hydroxyl groups excluding tert-OH is 1. The lowest BCUT2D eigenvalue weighted by atomic mass is 9.67. The van der Waals surface area contributed by atoms with Gasteiger partial charge in [-0.25, -0.2) is 4.90 Å². The van der Waals surface area contributed by atoms with Crippen LogP contribution in [0.25, 0.3) is 0 Å². The van der Waals surface area contributed by atoms with Crippen molar-refractivity contribution in [3.05, 3.63) is 29.3 Å². The first kappa shape index (κ1) is 17.9. The van der Waals surface area contributed by atoms with Crippen molar-refractivity contribution in [3.63, 3.8) is 0 Å². The van der Waals surface area contributed by atoms with Crippen molar-refractivity contribution in [2.75, 3.05) is 4.90 Å². The van der Waals surface area contributed by atoms with Gasteiger partial charge in [0.25, 0.3) is 0 Å². The van der Waals surface area contributed by atoms with Gasteiger partial charge in [0.05, 0.1) is 46.4 Å². The molecule has 3 aliphatic heterocycles. The van der Waals surface area contributed by atoms with Crippen LogP contribution in [0.1, 0.15) is 31.4 Å². The van der Waals surface area contributed by atoms with Gasteiger partial charge in [-0.15, -0.1) is 0 Å². The third kappa shape index (κ3) is 2.14. The zero-order chi connectivity index (χ0) is 19.9. The maximum absolute atomic E-state index is 13.2. The highest BCUT2D eigenvalue weighted by Gasteiger charge is 2.75. The summed E-state index contributed by atoms with van der Waals surface area (Å²) in [6, 6.07) is 4.19. The lowest BCUT2D eigenvalue weighted by Crippen LogP contribution is -2.49. The van der Waals surface area contributed by atoms with Crippen molar-refractivity contribution in [2.24, 2.45) is 11.8 Å². The quantitative estimate of drug-likeness (QED) is 0.753. The van der Waals surface area contributed by atoms with E-state index in [1.807, 2.05) is 0 Å². The van der Waals surface area contributed by atoms with E-state index in [1.165, 1.54) is 6.07 Å². The van der Waals surface area contributed by atoms with E-state index >= 15 is 0 Å². The highest BCUT2D eigenvalue weighted by atomic mass is 19.4. The average molecular weight is 380 g/mol. The summed E-state index contributed by atoms with van der Waals surface area (Å²) in [5.41, 5.74) is -4.37. The number of benzene rings is 1. The van der Waals surface area contributed by atoms with Crippen molar-refractivity contribution >= 4 is 17.5 Å². The minimum Gasteiger partial charge on any atom is -0.390 e. The number of nitrogens with zero attached hydrogens (tertiary/aromatic N) is 2. The van der Waals surface area contributed by atoms with Crippen LogP contribution in [0.15, 0.2) is 18.2 Å². The van der Waals surface area contributed by atoms with Gasteiger partial charge >= 0.3 is 6.18 Å². The maximum atomic E-state index is 13.2. The number of ether oxygens (including phenoxy) is 1. The van der Waals surface area contributed by atoms with E-state index in [0.717, 1.165) is 17.0 Å². The average Bonchev–Trinajstić information content (AvgIpc) is 3.07. The molecule has 142 valence electrons. The molecule has 0 spiro atoms. The second-order valence-corrected chi connectivity index (χ2v) is 7.63. The van der Waals surface area contributed by atoms with Crippen LogP contribution in [0, 0.1) is 23.2 Å². The van der Waals surface area contributed by atoms with E-state index in [0.29, 0.717) is 6.07 Å². The number of hydrogen-bond acceptors (Lipinski definition) is 5. The number of carbonyl (C=O) groups is 2. The maximum Gasteiger partial charge on any atom is 0.417 e. The zero-order valence-corrected chi connectivity index (χ0v) is 14.4. The van der Waals surface area contributed by atoms with Gasteiger partial charge in [-0.2, -0.15) is 18.4 Å². The van der Waals surface area contributed by atoms with E-state index in [-0.39, 0.29) is 12.1 Å². The van der Waals surface area contributed by atoms with Crippen molar-refractivity contribution in [3.8, 4) is 6.07 Å². The zero-order valence-electron chi connectivity index (χ0n) is 14.4. The molecule has 4 rings (SSSR count). The summed E-state index contributed by atoms with van der Waals surface area (Å²) in [5.74, 6) is -3.19. The Morgan fingerprint density at radius 2 is 1.89 bits per heavy atom. The number of alkyl halides is 3. The summed E-state index contributed by atoms with van der Waals surface area (Å²) in [6.45, 7) is 3.17. The first-order valence-corrected chi connectivity index (χ1v) is 8.31. The van der Waals surface area contributed by atoms with E-state index in [2.05, 4.69) is 0 Å². The number of hydrogen-bond donors (Lipinski definition) is 1. The first-order valence-electron chi connectivity index (χ1n) is 8.31. The molecule has 0 saturated carbocycles. The molecule has 6 nitrogen and oxygen atoms in total. The van der Waals surface area contributed by atoms with Gasteiger partial charge < -0.3 is 9.84 Å². The Bertz CT molecular complexity index is 924. The van der Waals surface area contributed by atoms with Gasteiger partial charge in [-0.3, -0.25) is 9.59 Å². The van der Waals surface area contributed by atoms with Crippen molar-refractivity contribution < 1.29 is 32.6 Å². The van der Waals surface area contributed by atoms with Crippen LogP contribution in [-0.2, 0) is 20.5 Å². The summed E-state index contributed by atoms with van der Waals surface area (Å²) >= 11 is 0. The molecule has 1 aromatic carbocycles. The smallest absolute Gasteiger partial charge is 0.390 e. The third-order valence-corrected chi connectivity index (χ3v) is 5.98. The number of rotatable bonds is 1. The fraction of sp³-hybridized carbons (Fsp3) is 0.500. The number of aliphatic hydroxyl groups is 1. The molecule has 3 saturated heterocycles. The Hall–Kier alpha value is -2.44. The highest BCUT2D eigenvalue weighted by molar-refractivity contribution is 6.23. The van der Waals surface area contributed by atoms with E-state index in [4.69, 9.17) is 10.00 Å². The largest absolute Gasteiger partial charge is 0.417 e. The fourth-order valence-corrected chi connectivity index (χ4v) is 4.78. The summed E-state index contributed by atoms with van der Waals surface area (Å²) < 4.78 is 45.6. The molecule has 3 unspecified atom stereocenters. The number of carbonyl (C=O) groups excluding carboxylic acids is 2. The van der Waals surface area contributed by atoms with Crippen LogP contribution in [0.3, 0.4) is 0 Å². The molecular weight excluding hydrogens is 365 g/mol. The van der Waals surface area contributed by atoms with E-state index < -0.39 is 58.3 Å². The van der Waals surface area contributed by atoms with Crippen molar-refractivity contribution in [1.29, 1.82) is 5.26 Å². The van der Waals surface area contributed by atoms with Crippen LogP contribution in [0.2, 0.25) is 0 Å².